The van der Waals surface area contributed by atoms with Gasteiger partial charge in [-0.1, -0.05) is 188 Å². The van der Waals surface area contributed by atoms with Crippen molar-refractivity contribution >= 4 is 41.4 Å². The molecule has 0 unspecified atom stereocenters. The molecule has 0 N–H and O–H groups in total. The number of unbranched alkanes of at least 4 members (excludes halogenated alkanes) is 2. The Morgan fingerprint density at radius 3 is 1.40 bits per heavy atom. The minimum absolute atomic E-state index is 0. The monoisotopic (exact) mass is 875 g/mol. The molecule has 3 radical (unpaired) electrons. The van der Waals surface area contributed by atoms with Gasteiger partial charge in [0.05, 0.1) is 9.52 Å². The van der Waals surface area contributed by atoms with Crippen LogP contribution in [0.5, 0.6) is 0 Å². The van der Waals surface area contributed by atoms with E-state index < -0.39 is 0 Å². The van der Waals surface area contributed by atoms with Gasteiger partial charge in [-0.2, -0.15) is 41.6 Å². The van der Waals surface area contributed by atoms with E-state index >= 15 is 0 Å². The van der Waals surface area contributed by atoms with Gasteiger partial charge in [0, 0.05) is 0 Å². The average molecular weight is 877 g/mol. The summed E-state index contributed by atoms with van der Waals surface area (Å²) >= 11 is 0. The van der Waals surface area contributed by atoms with Crippen LogP contribution in [0.25, 0.3) is 54.9 Å². The molecule has 0 saturated carbocycles. The summed E-state index contributed by atoms with van der Waals surface area (Å²) in [6, 6.07) is 58.9. The normalized spacial score (nSPS) is 11.9. The molecule has 0 aromatic heterocycles. The van der Waals surface area contributed by atoms with E-state index in [-0.39, 0.29) is 37.0 Å². The Hall–Kier alpha value is -4.36. The molecule has 9 rings (SSSR count). The van der Waals surface area contributed by atoms with Gasteiger partial charge in [0.15, 0.2) is 0 Å². The Morgan fingerprint density at radius 2 is 0.917 bits per heavy atom. The van der Waals surface area contributed by atoms with Crippen LogP contribution in [0, 0.1) is 6.07 Å². The second-order valence-electron chi connectivity index (χ2n) is 18.3. The van der Waals surface area contributed by atoms with Gasteiger partial charge >= 0.3 is 26.2 Å². The average Bonchev–Trinajstić information content (AvgIpc) is 3.97. The topological polar surface area (TPSA) is 0 Å². The Morgan fingerprint density at radius 1 is 0.483 bits per heavy atom. The van der Waals surface area contributed by atoms with E-state index in [0.717, 1.165) is 9.52 Å². The molecule has 0 fully saturated rings. The van der Waals surface area contributed by atoms with Crippen molar-refractivity contribution in [2.75, 3.05) is 0 Å². The molecule has 1 heterocycles. The second kappa shape index (κ2) is 20.0. The molecule has 1 aliphatic rings. The zero-order valence-corrected chi connectivity index (χ0v) is 40.6. The van der Waals surface area contributed by atoms with Gasteiger partial charge in [-0.25, -0.2) is 0 Å². The fourth-order valence-electron chi connectivity index (χ4n) is 8.58. The van der Waals surface area contributed by atoms with Gasteiger partial charge in [-0.05, 0) is 45.9 Å². The second-order valence-corrected chi connectivity index (χ2v) is 19.6. The fourth-order valence-corrected chi connectivity index (χ4v) is 9.89. The van der Waals surface area contributed by atoms with Crippen LogP contribution >= 0.6 is 0 Å². The SMILES string of the molecule is CCCCc1cc2c(-c3ccccc3C(C)(C)C)cccc2[cH-]1.CCCCc1cc2c(-c3ccccc3C(C)(C)C)cccc2[cH-]1.[Zr+3].[c-]1cccc2c1[Si]c1ccccc1-2. The molecule has 0 nitrogen and oxygen atoms in total. The van der Waals surface area contributed by atoms with E-state index in [1.165, 1.54) is 126 Å². The van der Waals surface area contributed by atoms with Gasteiger partial charge in [0.25, 0.3) is 0 Å². The molecular weight excluding hydrogens is 816 g/mol. The summed E-state index contributed by atoms with van der Waals surface area (Å²) in [6.45, 7) is 18.3. The van der Waals surface area contributed by atoms with E-state index in [4.69, 9.17) is 0 Å². The van der Waals surface area contributed by atoms with Crippen LogP contribution in [0.3, 0.4) is 0 Å². The van der Waals surface area contributed by atoms with E-state index in [2.05, 4.69) is 207 Å². The zero-order chi connectivity index (χ0) is 41.6. The first-order valence-corrected chi connectivity index (χ1v) is 22.9. The Balaban J connectivity index is 0.000000155. The quantitative estimate of drug-likeness (QED) is 0.105. The van der Waals surface area contributed by atoms with Crippen molar-refractivity contribution in [1.29, 1.82) is 0 Å². The standard InChI is InChI=1S/2C23H27.C12H7Si.Zr/c2*1-5-6-10-17-15-18-11-9-13-19(21(18)16-17)20-12-7-8-14-22(20)23(2,3)4;1-3-7-11-9(5-1)10-6-2-4-8-12(10)13-11;/h2*7-9,11-16H,5-6,10H2,1-4H3;1-7H;/q3*-1;+3. The van der Waals surface area contributed by atoms with Gasteiger partial charge in [0.1, 0.15) is 0 Å². The molecular formula is C58H61SiZr. The summed E-state index contributed by atoms with van der Waals surface area (Å²) in [5.41, 5.74) is 14.3. The number of hydrogen-bond acceptors (Lipinski definition) is 0. The van der Waals surface area contributed by atoms with Gasteiger partial charge < -0.3 is 0 Å². The van der Waals surface area contributed by atoms with Crippen molar-refractivity contribution in [3.8, 4) is 33.4 Å². The van der Waals surface area contributed by atoms with E-state index in [1.807, 2.05) is 6.07 Å². The van der Waals surface area contributed by atoms with Gasteiger partial charge in [-0.15, -0.1) is 74.6 Å². The van der Waals surface area contributed by atoms with E-state index in [0.29, 0.717) is 0 Å². The van der Waals surface area contributed by atoms with Crippen LogP contribution in [-0.2, 0) is 49.9 Å². The molecule has 8 aromatic rings. The summed E-state index contributed by atoms with van der Waals surface area (Å²) in [4.78, 5) is 0. The number of aryl methyl sites for hydroxylation is 2. The Kier molecular flexibility index (Phi) is 15.1. The van der Waals surface area contributed by atoms with Crippen molar-refractivity contribution in [3.05, 3.63) is 180 Å². The predicted molar refractivity (Wildman–Crippen MR) is 260 cm³/mol. The molecule has 60 heavy (non-hydrogen) atoms. The summed E-state index contributed by atoms with van der Waals surface area (Å²) in [7, 11) is 0.795. The zero-order valence-electron chi connectivity index (χ0n) is 37.2. The molecule has 301 valence electrons. The largest absolute Gasteiger partial charge is 3.00 e. The van der Waals surface area contributed by atoms with Crippen molar-refractivity contribution in [2.45, 2.75) is 105 Å². The molecule has 0 aliphatic carbocycles. The number of rotatable bonds is 8. The molecule has 0 bridgehead atoms. The maximum Gasteiger partial charge on any atom is 3.00 e. The van der Waals surface area contributed by atoms with E-state index in [9.17, 15) is 0 Å². The molecule has 0 saturated heterocycles. The number of benzene rings is 6. The number of hydrogen-bond donors (Lipinski definition) is 0. The van der Waals surface area contributed by atoms with Crippen LogP contribution in [0.2, 0.25) is 0 Å². The van der Waals surface area contributed by atoms with Crippen molar-refractivity contribution in [1.82, 2.24) is 0 Å². The molecule has 1 aliphatic heterocycles. The first-order chi connectivity index (χ1) is 28.5. The Bertz CT molecular complexity index is 2450. The predicted octanol–water partition coefficient (Wildman–Crippen LogP) is 14.9. The summed E-state index contributed by atoms with van der Waals surface area (Å²) < 4.78 is 0. The maximum absolute atomic E-state index is 3.31. The first-order valence-electron chi connectivity index (χ1n) is 21.9. The fraction of sp³-hybridized carbons (Fsp3) is 0.276. The van der Waals surface area contributed by atoms with Crippen molar-refractivity contribution < 1.29 is 26.2 Å². The van der Waals surface area contributed by atoms with Crippen LogP contribution in [-0.4, -0.2) is 9.52 Å². The van der Waals surface area contributed by atoms with Crippen LogP contribution in [0.15, 0.2) is 152 Å². The Labute approximate surface area is 383 Å². The summed E-state index contributed by atoms with van der Waals surface area (Å²) in [5, 5.41) is 8.36. The molecule has 0 amide bonds. The molecule has 0 atom stereocenters. The number of fused-ring (bicyclic) bond motifs is 5. The van der Waals surface area contributed by atoms with Crippen LogP contribution in [0.1, 0.15) is 103 Å². The minimum Gasteiger partial charge on any atom is -0.184 e. The summed E-state index contributed by atoms with van der Waals surface area (Å²) in [5.74, 6) is 0. The maximum atomic E-state index is 3.31. The molecule has 2 heteroatoms. The van der Waals surface area contributed by atoms with E-state index in [1.54, 1.807) is 0 Å². The van der Waals surface area contributed by atoms with Crippen LogP contribution < -0.4 is 10.4 Å². The first kappa shape index (κ1) is 45.2. The molecule has 0 spiro atoms. The summed E-state index contributed by atoms with van der Waals surface area (Å²) in [6.07, 6.45) is 7.41. The third-order valence-electron chi connectivity index (χ3n) is 11.6. The van der Waals surface area contributed by atoms with Crippen LogP contribution in [0.4, 0.5) is 0 Å². The third kappa shape index (κ3) is 10.4. The third-order valence-corrected chi connectivity index (χ3v) is 13.0. The smallest absolute Gasteiger partial charge is 0.184 e. The van der Waals surface area contributed by atoms with Crippen molar-refractivity contribution in [3.63, 3.8) is 0 Å². The van der Waals surface area contributed by atoms with Gasteiger partial charge in [-0.3, -0.25) is 0 Å². The van der Waals surface area contributed by atoms with Gasteiger partial charge in [0.2, 0.25) is 0 Å². The molecule has 8 aromatic carbocycles. The minimum atomic E-state index is 0. The van der Waals surface area contributed by atoms with Crippen molar-refractivity contribution in [2.24, 2.45) is 0 Å².